The molecule has 0 radical (unpaired) electrons. The standard InChI is InChI=1S/C43H64N9O9P/c1-3-4-5-6-7-8-9-10-11-12-13-14-15-16-17-18-23-58-27-36(59-26-34-19-20-37(35(24-34)25-44)51-33-47-31-49-51)28-60-62(55,56)61-30-43(29-45,57-2)41(54)40(53)38-21-22-39-42(46)48-32-50-52(38)39/h19-22,24,31-33,36,40-41,53-54H,3-18,23,26-28,30H2,1-2H3,(H,55,56)(H2,46,48,50)/t36-,40+,41+,43?/m1/s1. The van der Waals surface area contributed by atoms with Crippen LogP contribution in [0.5, 0.6) is 0 Å². The van der Waals surface area contributed by atoms with Crippen molar-refractivity contribution < 1.29 is 42.9 Å². The highest BCUT2D eigenvalue weighted by Gasteiger charge is 2.46. The maximum absolute atomic E-state index is 13.2. The van der Waals surface area contributed by atoms with E-state index in [-0.39, 0.29) is 24.7 Å². The first-order valence-corrected chi connectivity index (χ1v) is 23.2. The number of aliphatic hydroxyl groups is 2. The molecule has 3 aromatic heterocycles. The van der Waals surface area contributed by atoms with Gasteiger partial charge in [0.2, 0.25) is 5.60 Å². The molecule has 5 N–H and O–H groups in total. The van der Waals surface area contributed by atoms with E-state index in [4.69, 9.17) is 29.0 Å². The minimum atomic E-state index is -4.93. The van der Waals surface area contributed by atoms with Crippen molar-refractivity contribution in [1.29, 1.82) is 10.5 Å². The molecular formula is C43H64N9O9P. The summed E-state index contributed by atoms with van der Waals surface area (Å²) in [6.07, 6.45) is 19.5. The van der Waals surface area contributed by atoms with E-state index in [2.05, 4.69) is 33.2 Å². The van der Waals surface area contributed by atoms with E-state index in [9.17, 15) is 30.2 Å². The zero-order valence-electron chi connectivity index (χ0n) is 36.1. The normalized spacial score (nSPS) is 15.1. The predicted molar refractivity (Wildman–Crippen MR) is 230 cm³/mol. The topological polar surface area (TPSA) is 258 Å². The molecule has 1 aromatic carbocycles. The van der Waals surface area contributed by atoms with Gasteiger partial charge < -0.3 is 35.1 Å². The Morgan fingerprint density at radius 1 is 0.871 bits per heavy atom. The first kappa shape index (κ1) is 50.3. The molecule has 5 atom stereocenters. The number of hydrogen-bond donors (Lipinski definition) is 4. The third kappa shape index (κ3) is 15.8. The minimum Gasteiger partial charge on any atom is -0.386 e. The number of rotatable bonds is 33. The number of methoxy groups -OCH3 is 1. The Morgan fingerprint density at radius 3 is 2.13 bits per heavy atom. The molecule has 18 nitrogen and oxygen atoms in total. The van der Waals surface area contributed by atoms with Crippen LogP contribution in [0.1, 0.15) is 133 Å². The molecule has 340 valence electrons. The van der Waals surface area contributed by atoms with Gasteiger partial charge in [0.05, 0.1) is 36.8 Å². The van der Waals surface area contributed by atoms with Crippen molar-refractivity contribution in [2.75, 3.05) is 39.3 Å². The van der Waals surface area contributed by atoms with Crippen LogP contribution in [0.4, 0.5) is 5.82 Å². The number of nitriles is 2. The van der Waals surface area contributed by atoms with E-state index in [0.29, 0.717) is 28.9 Å². The molecule has 4 aromatic rings. The molecule has 4 rings (SSSR count). The monoisotopic (exact) mass is 881 g/mol. The zero-order valence-corrected chi connectivity index (χ0v) is 37.0. The Labute approximate surface area is 364 Å². The molecule has 62 heavy (non-hydrogen) atoms. The van der Waals surface area contributed by atoms with E-state index < -0.39 is 44.9 Å². The second-order valence-corrected chi connectivity index (χ2v) is 16.9. The van der Waals surface area contributed by atoms with Crippen molar-refractivity contribution in [2.24, 2.45) is 0 Å². The SMILES string of the molecule is CCCCCCCCCCCCCCCCCCOC[C@H](COP(=O)(O)OCC(C#N)(OC)[C@@H](O)[C@@H](O)c1ccc2c(N)ncnn12)OCc1ccc(-n2cncn2)c(C#N)c1. The van der Waals surface area contributed by atoms with Crippen LogP contribution < -0.4 is 5.73 Å². The summed E-state index contributed by atoms with van der Waals surface area (Å²) in [5, 5.41) is 50.3. The van der Waals surface area contributed by atoms with Gasteiger partial charge in [-0.3, -0.25) is 9.05 Å². The number of nitrogens with zero attached hydrogens (tertiary/aromatic N) is 8. The molecule has 0 saturated heterocycles. The Hall–Kier alpha value is -4.33. The van der Waals surface area contributed by atoms with Gasteiger partial charge in [0.15, 0.2) is 5.82 Å². The molecule has 0 amide bonds. The van der Waals surface area contributed by atoms with Crippen LogP contribution in [0.15, 0.2) is 49.3 Å². The highest BCUT2D eigenvalue weighted by molar-refractivity contribution is 7.47. The molecule has 0 bridgehead atoms. The first-order valence-electron chi connectivity index (χ1n) is 21.7. The third-order valence-electron chi connectivity index (χ3n) is 10.8. The van der Waals surface area contributed by atoms with E-state index in [1.807, 2.05) is 0 Å². The number of aromatic nitrogens is 6. The third-order valence-corrected chi connectivity index (χ3v) is 11.7. The molecule has 0 fully saturated rings. The van der Waals surface area contributed by atoms with Crippen LogP contribution in [-0.4, -0.2) is 95.8 Å². The van der Waals surface area contributed by atoms with Gasteiger partial charge in [-0.25, -0.2) is 23.7 Å². The Bertz CT molecular complexity index is 2020. The van der Waals surface area contributed by atoms with Crippen molar-refractivity contribution in [1.82, 2.24) is 29.4 Å². The Morgan fingerprint density at radius 2 is 1.53 bits per heavy atom. The number of nitrogen functional groups attached to an aromatic ring is 1. The molecule has 3 heterocycles. The van der Waals surface area contributed by atoms with Crippen molar-refractivity contribution in [2.45, 2.75) is 140 Å². The largest absolute Gasteiger partial charge is 0.472 e. The molecule has 0 aliphatic carbocycles. The van der Waals surface area contributed by atoms with Gasteiger partial charge in [-0.2, -0.15) is 20.7 Å². The Balaban J connectivity index is 1.26. The lowest BCUT2D eigenvalue weighted by Crippen LogP contribution is -2.50. The molecule has 0 aliphatic heterocycles. The zero-order chi connectivity index (χ0) is 44.6. The lowest BCUT2D eigenvalue weighted by atomic mass is 9.93. The number of nitrogens with two attached hydrogens (primary N) is 1. The average Bonchev–Trinajstić information content (AvgIpc) is 3.99. The summed E-state index contributed by atoms with van der Waals surface area (Å²) in [5.74, 6) is 0.119. The van der Waals surface area contributed by atoms with Gasteiger partial charge in [0.1, 0.15) is 61.6 Å². The van der Waals surface area contributed by atoms with Crippen molar-refractivity contribution in [3.05, 3.63) is 66.1 Å². The van der Waals surface area contributed by atoms with Crippen LogP contribution in [0.25, 0.3) is 11.2 Å². The van der Waals surface area contributed by atoms with Gasteiger partial charge in [0, 0.05) is 13.7 Å². The Kier molecular flexibility index (Phi) is 21.9. The summed E-state index contributed by atoms with van der Waals surface area (Å²) in [5.41, 5.74) is 5.48. The van der Waals surface area contributed by atoms with Crippen LogP contribution >= 0.6 is 7.82 Å². The highest BCUT2D eigenvalue weighted by atomic mass is 31.2. The number of phosphoric ester groups is 1. The maximum atomic E-state index is 13.2. The smallest absolute Gasteiger partial charge is 0.386 e. The summed E-state index contributed by atoms with van der Waals surface area (Å²) in [7, 11) is -3.84. The predicted octanol–water partition coefficient (Wildman–Crippen LogP) is 7.06. The van der Waals surface area contributed by atoms with Gasteiger partial charge in [0.25, 0.3) is 0 Å². The molecule has 0 spiro atoms. The quantitative estimate of drug-likeness (QED) is 0.0276. The number of ether oxygens (including phenoxy) is 3. The fourth-order valence-corrected chi connectivity index (χ4v) is 7.82. The summed E-state index contributed by atoms with van der Waals surface area (Å²) >= 11 is 0. The highest BCUT2D eigenvalue weighted by Crippen LogP contribution is 2.45. The fourth-order valence-electron chi connectivity index (χ4n) is 7.04. The van der Waals surface area contributed by atoms with Gasteiger partial charge in [-0.15, -0.1) is 0 Å². The summed E-state index contributed by atoms with van der Waals surface area (Å²) < 4.78 is 43.7. The molecule has 2 unspecified atom stereocenters. The molecular weight excluding hydrogens is 818 g/mol. The number of hydrogen-bond acceptors (Lipinski definition) is 15. The van der Waals surface area contributed by atoms with Gasteiger partial charge >= 0.3 is 7.82 Å². The number of fused-ring (bicyclic) bond motifs is 1. The van der Waals surface area contributed by atoms with Crippen molar-refractivity contribution in [3.8, 4) is 17.8 Å². The van der Waals surface area contributed by atoms with Crippen molar-refractivity contribution >= 4 is 19.2 Å². The minimum absolute atomic E-state index is 0.00955. The van der Waals surface area contributed by atoms with E-state index in [1.54, 1.807) is 24.3 Å². The van der Waals surface area contributed by atoms with Gasteiger partial charge in [-0.1, -0.05) is 109 Å². The van der Waals surface area contributed by atoms with E-state index in [1.165, 1.54) is 117 Å². The summed E-state index contributed by atoms with van der Waals surface area (Å²) in [4.78, 5) is 18.5. The average molecular weight is 882 g/mol. The van der Waals surface area contributed by atoms with E-state index >= 15 is 0 Å². The molecule has 0 saturated carbocycles. The fraction of sp³-hybridized carbons (Fsp3) is 0.628. The number of aliphatic hydroxyl groups excluding tert-OH is 2. The summed E-state index contributed by atoms with van der Waals surface area (Å²) in [6.45, 7) is 1.31. The number of unbranched alkanes of at least 4 members (excludes halogenated alkanes) is 15. The molecule has 0 aliphatic rings. The van der Waals surface area contributed by atoms with E-state index in [0.717, 1.165) is 32.7 Å². The lowest BCUT2D eigenvalue weighted by molar-refractivity contribution is -0.134. The van der Waals surface area contributed by atoms with Crippen LogP contribution in [0, 0.1) is 22.7 Å². The maximum Gasteiger partial charge on any atom is 0.472 e. The van der Waals surface area contributed by atoms with Crippen LogP contribution in [0.2, 0.25) is 0 Å². The number of phosphoric acid groups is 1. The first-order chi connectivity index (χ1) is 30.1. The second kappa shape index (κ2) is 27.0. The summed E-state index contributed by atoms with van der Waals surface area (Å²) in [6, 6.07) is 12.0. The number of anilines is 1. The van der Waals surface area contributed by atoms with Gasteiger partial charge in [-0.05, 0) is 36.2 Å². The second-order valence-electron chi connectivity index (χ2n) is 15.4. The molecule has 19 heteroatoms. The van der Waals surface area contributed by atoms with Crippen LogP contribution in [-0.2, 0) is 34.4 Å². The lowest BCUT2D eigenvalue weighted by Gasteiger charge is -2.33. The van der Waals surface area contributed by atoms with Crippen molar-refractivity contribution in [3.63, 3.8) is 0 Å². The number of benzene rings is 1. The van der Waals surface area contributed by atoms with Crippen LogP contribution in [0.3, 0.4) is 0 Å².